The van der Waals surface area contributed by atoms with E-state index in [1.165, 1.54) is 16.0 Å². The summed E-state index contributed by atoms with van der Waals surface area (Å²) in [6.07, 6.45) is 0.321. The van der Waals surface area contributed by atoms with E-state index in [0.717, 1.165) is 11.3 Å². The fourth-order valence-electron chi connectivity index (χ4n) is 1.86. The molecule has 104 valence electrons. The van der Waals surface area contributed by atoms with Gasteiger partial charge in [0.25, 0.3) is 0 Å². The molecule has 0 unspecified atom stereocenters. The molecule has 0 bridgehead atoms. The van der Waals surface area contributed by atoms with Gasteiger partial charge in [0, 0.05) is 10.6 Å². The number of rotatable bonds is 5. The molecule has 3 nitrogen and oxygen atoms in total. The molecule has 2 rings (SSSR count). The van der Waals surface area contributed by atoms with Crippen LogP contribution in [0.1, 0.15) is 16.7 Å². The van der Waals surface area contributed by atoms with Crippen molar-refractivity contribution >= 4 is 17.7 Å². The van der Waals surface area contributed by atoms with Crippen LogP contribution in [0, 0.1) is 6.92 Å². The number of hydrazine groups is 1. The van der Waals surface area contributed by atoms with E-state index in [1.54, 1.807) is 0 Å². The Kier molecular flexibility index (Phi) is 5.21. The van der Waals surface area contributed by atoms with Crippen molar-refractivity contribution in [2.75, 3.05) is 0 Å². The summed E-state index contributed by atoms with van der Waals surface area (Å²) in [4.78, 5) is 12.4. The summed E-state index contributed by atoms with van der Waals surface area (Å²) in [7, 11) is 0. The van der Waals surface area contributed by atoms with Gasteiger partial charge in [-0.2, -0.15) is 0 Å². The van der Waals surface area contributed by atoms with Crippen LogP contribution in [0.4, 0.5) is 0 Å². The molecule has 0 heterocycles. The zero-order valence-corrected chi connectivity index (χ0v) is 12.2. The lowest BCUT2D eigenvalue weighted by Crippen LogP contribution is -2.31. The number of hydrogen-bond acceptors (Lipinski definition) is 3. The number of hydrogen-bond donors (Lipinski definition) is 2. The Morgan fingerprint density at radius 1 is 1.15 bits per heavy atom. The van der Waals surface area contributed by atoms with Crippen molar-refractivity contribution in [1.82, 2.24) is 5.43 Å². The van der Waals surface area contributed by atoms with E-state index < -0.39 is 0 Å². The van der Waals surface area contributed by atoms with Gasteiger partial charge in [-0.05, 0) is 30.2 Å². The van der Waals surface area contributed by atoms with Crippen molar-refractivity contribution in [3.8, 4) is 0 Å². The molecule has 20 heavy (non-hydrogen) atoms. The second kappa shape index (κ2) is 7.12. The highest BCUT2D eigenvalue weighted by atomic mass is 32.2. The number of aryl methyl sites for hydroxylation is 1. The number of nitrogens with two attached hydrogens (primary N) is 1. The van der Waals surface area contributed by atoms with Gasteiger partial charge in [-0.25, -0.2) is 5.84 Å². The molecule has 0 saturated carbocycles. The maximum Gasteiger partial charge on any atom is 0.238 e. The van der Waals surface area contributed by atoms with Crippen LogP contribution in [-0.2, 0) is 17.0 Å². The van der Waals surface area contributed by atoms with E-state index in [1.807, 2.05) is 23.9 Å². The summed E-state index contributed by atoms with van der Waals surface area (Å²) >= 11 is 1.81. The Morgan fingerprint density at radius 2 is 1.85 bits per heavy atom. The van der Waals surface area contributed by atoms with Crippen LogP contribution in [0.25, 0.3) is 0 Å². The minimum atomic E-state index is -0.174. The van der Waals surface area contributed by atoms with Crippen LogP contribution >= 0.6 is 11.8 Å². The van der Waals surface area contributed by atoms with Gasteiger partial charge < -0.3 is 0 Å². The standard InChI is InChI=1S/C16H18N2OS/c1-12-3-2-4-15(9-12)20-11-14-7-5-13(6-8-14)10-16(19)18-17/h2-9H,10-11,17H2,1H3,(H,18,19). The number of nitrogens with one attached hydrogen (secondary N) is 1. The lowest BCUT2D eigenvalue weighted by atomic mass is 10.1. The molecular weight excluding hydrogens is 268 g/mol. The van der Waals surface area contributed by atoms with Gasteiger partial charge in [0.2, 0.25) is 5.91 Å². The minimum absolute atomic E-state index is 0.174. The summed E-state index contributed by atoms with van der Waals surface area (Å²) in [6, 6.07) is 16.5. The highest BCUT2D eigenvalue weighted by Crippen LogP contribution is 2.23. The molecule has 0 spiro atoms. The summed E-state index contributed by atoms with van der Waals surface area (Å²) in [5.41, 5.74) is 5.63. The molecule has 3 N–H and O–H groups in total. The van der Waals surface area contributed by atoms with Crippen LogP contribution in [0.15, 0.2) is 53.4 Å². The molecule has 0 aliphatic rings. The quantitative estimate of drug-likeness (QED) is 0.384. The topological polar surface area (TPSA) is 55.1 Å². The molecule has 2 aromatic carbocycles. The molecule has 4 heteroatoms. The average molecular weight is 286 g/mol. The number of amides is 1. The first-order chi connectivity index (χ1) is 9.67. The largest absolute Gasteiger partial charge is 0.294 e. The molecule has 0 saturated heterocycles. The van der Waals surface area contributed by atoms with Gasteiger partial charge in [-0.1, -0.05) is 42.0 Å². The van der Waals surface area contributed by atoms with E-state index in [0.29, 0.717) is 6.42 Å². The fraction of sp³-hybridized carbons (Fsp3) is 0.188. The van der Waals surface area contributed by atoms with Crippen molar-refractivity contribution in [2.45, 2.75) is 24.0 Å². The first kappa shape index (κ1) is 14.6. The molecule has 0 aromatic heterocycles. The van der Waals surface area contributed by atoms with Gasteiger partial charge in [-0.3, -0.25) is 10.2 Å². The molecule has 2 aromatic rings. The van der Waals surface area contributed by atoms with E-state index in [2.05, 4.69) is 48.7 Å². The highest BCUT2D eigenvalue weighted by Gasteiger charge is 2.02. The van der Waals surface area contributed by atoms with Crippen molar-refractivity contribution in [1.29, 1.82) is 0 Å². The monoisotopic (exact) mass is 286 g/mol. The Balaban J connectivity index is 1.92. The second-order valence-corrected chi connectivity index (χ2v) is 5.71. The van der Waals surface area contributed by atoms with Gasteiger partial charge in [0.15, 0.2) is 0 Å². The summed E-state index contributed by atoms with van der Waals surface area (Å²) < 4.78 is 0. The van der Waals surface area contributed by atoms with Gasteiger partial charge in [0.05, 0.1) is 6.42 Å². The third-order valence-corrected chi connectivity index (χ3v) is 4.01. The Morgan fingerprint density at radius 3 is 2.50 bits per heavy atom. The number of carbonyl (C=O) groups excluding carboxylic acids is 1. The Labute approximate surface area is 123 Å². The molecular formula is C16H18N2OS. The van der Waals surface area contributed by atoms with Gasteiger partial charge in [0.1, 0.15) is 0 Å². The van der Waals surface area contributed by atoms with E-state index in [-0.39, 0.29) is 5.91 Å². The lowest BCUT2D eigenvalue weighted by molar-refractivity contribution is -0.120. The lowest BCUT2D eigenvalue weighted by Gasteiger charge is -2.05. The van der Waals surface area contributed by atoms with Crippen LogP contribution < -0.4 is 11.3 Å². The zero-order chi connectivity index (χ0) is 14.4. The molecule has 0 aliphatic heterocycles. The Bertz CT molecular complexity index is 581. The maximum atomic E-state index is 11.2. The molecule has 0 radical (unpaired) electrons. The van der Waals surface area contributed by atoms with Gasteiger partial charge in [-0.15, -0.1) is 11.8 Å². The highest BCUT2D eigenvalue weighted by molar-refractivity contribution is 7.98. The molecule has 0 atom stereocenters. The predicted molar refractivity (Wildman–Crippen MR) is 83.2 cm³/mol. The van der Waals surface area contributed by atoms with Crippen LogP contribution in [0.5, 0.6) is 0 Å². The van der Waals surface area contributed by atoms with Crippen molar-refractivity contribution < 1.29 is 4.79 Å². The third kappa shape index (κ3) is 4.40. The number of carbonyl (C=O) groups is 1. The normalized spacial score (nSPS) is 10.3. The third-order valence-electron chi connectivity index (χ3n) is 2.94. The molecule has 0 fully saturated rings. The van der Waals surface area contributed by atoms with Crippen molar-refractivity contribution in [3.63, 3.8) is 0 Å². The molecule has 1 amide bonds. The van der Waals surface area contributed by atoms with Crippen LogP contribution in [0.3, 0.4) is 0 Å². The van der Waals surface area contributed by atoms with E-state index >= 15 is 0 Å². The maximum absolute atomic E-state index is 11.2. The fourth-order valence-corrected chi connectivity index (χ4v) is 2.83. The first-order valence-electron chi connectivity index (χ1n) is 6.44. The van der Waals surface area contributed by atoms with E-state index in [9.17, 15) is 4.79 Å². The summed E-state index contributed by atoms with van der Waals surface area (Å²) in [5.74, 6) is 5.82. The average Bonchev–Trinajstić information content (AvgIpc) is 2.46. The Hall–Kier alpha value is -1.78. The number of benzene rings is 2. The smallest absolute Gasteiger partial charge is 0.238 e. The summed E-state index contributed by atoms with van der Waals surface area (Å²) in [5, 5.41) is 0. The number of thioether (sulfide) groups is 1. The minimum Gasteiger partial charge on any atom is -0.294 e. The van der Waals surface area contributed by atoms with Crippen molar-refractivity contribution in [2.24, 2.45) is 5.84 Å². The zero-order valence-electron chi connectivity index (χ0n) is 11.4. The van der Waals surface area contributed by atoms with Crippen molar-refractivity contribution in [3.05, 3.63) is 65.2 Å². The second-order valence-electron chi connectivity index (χ2n) is 4.67. The predicted octanol–water partition coefficient (Wildman–Crippen LogP) is 2.82. The van der Waals surface area contributed by atoms with E-state index in [4.69, 9.17) is 5.84 Å². The SMILES string of the molecule is Cc1cccc(SCc2ccc(CC(=O)NN)cc2)c1. The van der Waals surface area contributed by atoms with Crippen LogP contribution in [0.2, 0.25) is 0 Å². The first-order valence-corrected chi connectivity index (χ1v) is 7.42. The molecule has 0 aliphatic carbocycles. The summed E-state index contributed by atoms with van der Waals surface area (Å²) in [6.45, 7) is 2.10. The van der Waals surface area contributed by atoms with Crippen LogP contribution in [-0.4, -0.2) is 5.91 Å². The van der Waals surface area contributed by atoms with Gasteiger partial charge >= 0.3 is 0 Å².